The zero-order valence-electron chi connectivity index (χ0n) is 18.0. The molecule has 2 fully saturated rings. The molecular formula is C26H26N4O2. The summed E-state index contributed by atoms with van der Waals surface area (Å²) in [5, 5.41) is 23.2. The molecule has 0 aliphatic heterocycles. The smallest absolute Gasteiger partial charge is 0.262 e. The van der Waals surface area contributed by atoms with E-state index in [4.69, 9.17) is 0 Å². The van der Waals surface area contributed by atoms with Crippen molar-refractivity contribution >= 4 is 12.0 Å². The average Bonchev–Trinajstić information content (AvgIpc) is 3.47. The third-order valence-electron chi connectivity index (χ3n) is 6.32. The number of carbonyl (C=O) groups excluding carboxylic acids is 1. The fourth-order valence-corrected chi connectivity index (χ4v) is 4.58. The Labute approximate surface area is 188 Å². The highest BCUT2D eigenvalue weighted by Crippen LogP contribution is 2.38. The van der Waals surface area contributed by atoms with Crippen LogP contribution >= 0.6 is 0 Å². The van der Waals surface area contributed by atoms with E-state index in [1.807, 2.05) is 18.2 Å². The van der Waals surface area contributed by atoms with Crippen molar-refractivity contribution in [3.05, 3.63) is 65.2 Å². The van der Waals surface area contributed by atoms with Crippen molar-refractivity contribution in [2.75, 3.05) is 0 Å². The quantitative estimate of drug-likeness (QED) is 0.442. The van der Waals surface area contributed by atoms with Gasteiger partial charge in [0.2, 0.25) is 0 Å². The van der Waals surface area contributed by atoms with Gasteiger partial charge in [-0.25, -0.2) is 4.98 Å². The summed E-state index contributed by atoms with van der Waals surface area (Å²) in [6.45, 7) is 0. The second kappa shape index (κ2) is 9.34. The molecule has 4 rings (SSSR count). The normalized spacial score (nSPS) is 18.9. The Hall–Kier alpha value is -3.48. The maximum atomic E-state index is 13.0. The summed E-state index contributed by atoms with van der Waals surface area (Å²) in [6, 6.07) is 11.1. The molecular weight excluding hydrogens is 400 g/mol. The monoisotopic (exact) mass is 426 g/mol. The molecule has 0 saturated heterocycles. The minimum atomic E-state index is -0.937. The van der Waals surface area contributed by atoms with Crippen LogP contribution in [-0.2, 0) is 10.3 Å². The van der Waals surface area contributed by atoms with Crippen molar-refractivity contribution in [1.82, 2.24) is 15.3 Å². The Kier molecular flexibility index (Phi) is 6.35. The predicted octanol–water partition coefficient (Wildman–Crippen LogP) is 3.63. The summed E-state index contributed by atoms with van der Waals surface area (Å²) in [4.78, 5) is 21.6. The Bertz CT molecular complexity index is 1110. The lowest BCUT2D eigenvalue weighted by molar-refractivity contribution is -0.119. The number of nitrogens with one attached hydrogen (secondary N) is 1. The Balaban J connectivity index is 1.55. The first-order valence-electron chi connectivity index (χ1n) is 11.1. The number of carbonyl (C=O) groups is 1. The van der Waals surface area contributed by atoms with E-state index in [2.05, 4.69) is 27.1 Å². The molecule has 2 heterocycles. The molecule has 0 spiro atoms. The minimum absolute atomic E-state index is 0.00244. The van der Waals surface area contributed by atoms with Crippen LogP contribution in [-0.4, -0.2) is 26.6 Å². The lowest BCUT2D eigenvalue weighted by Gasteiger charge is -2.30. The molecule has 2 aromatic rings. The fraction of sp³-hybridized carbons (Fsp3) is 0.385. The van der Waals surface area contributed by atoms with E-state index >= 15 is 0 Å². The molecule has 2 aliphatic carbocycles. The number of nitriles is 1. The molecule has 6 heteroatoms. The van der Waals surface area contributed by atoms with Gasteiger partial charge in [0.05, 0.1) is 11.2 Å². The summed E-state index contributed by atoms with van der Waals surface area (Å²) >= 11 is 0. The van der Waals surface area contributed by atoms with E-state index in [1.54, 1.807) is 30.6 Å². The summed E-state index contributed by atoms with van der Waals surface area (Å²) in [5.41, 5.74) is 0.571. The molecule has 2 aliphatic rings. The van der Waals surface area contributed by atoms with Gasteiger partial charge in [-0.05, 0) is 80.4 Å². The van der Waals surface area contributed by atoms with Crippen molar-refractivity contribution in [2.24, 2.45) is 0 Å². The molecule has 6 nitrogen and oxygen atoms in total. The molecule has 2 aromatic heterocycles. The van der Waals surface area contributed by atoms with Crippen LogP contribution in [0.4, 0.5) is 0 Å². The maximum Gasteiger partial charge on any atom is 0.262 e. The first-order valence-corrected chi connectivity index (χ1v) is 11.1. The Morgan fingerprint density at radius 1 is 1.06 bits per heavy atom. The van der Waals surface area contributed by atoms with Crippen LogP contribution < -0.4 is 5.32 Å². The summed E-state index contributed by atoms with van der Waals surface area (Å²) < 4.78 is 0. The summed E-state index contributed by atoms with van der Waals surface area (Å²) in [7, 11) is 0. The van der Waals surface area contributed by atoms with Gasteiger partial charge in [0.15, 0.2) is 0 Å². The van der Waals surface area contributed by atoms with Crippen LogP contribution in [0.2, 0.25) is 0 Å². The van der Waals surface area contributed by atoms with E-state index in [1.165, 1.54) is 6.08 Å². The van der Waals surface area contributed by atoms with E-state index < -0.39 is 17.0 Å². The van der Waals surface area contributed by atoms with Gasteiger partial charge in [-0.3, -0.25) is 9.78 Å². The third kappa shape index (κ3) is 4.88. The standard InChI is InChI=1S/C26H26N4O2/c27-19-20(24(31)30-26(13-3-4-14-26)21-9-16-28-17-10-21)18-23-7-5-6-22(29-23)8-15-25(32)11-1-2-12-25/h5-7,9-10,16-18,32H,1-4,11-14H2,(H,30,31). The number of amides is 1. The molecule has 0 aromatic carbocycles. The van der Waals surface area contributed by atoms with Gasteiger partial charge in [0, 0.05) is 12.4 Å². The molecule has 32 heavy (non-hydrogen) atoms. The van der Waals surface area contributed by atoms with Crippen molar-refractivity contribution in [3.63, 3.8) is 0 Å². The van der Waals surface area contributed by atoms with Crippen LogP contribution in [0.15, 0.2) is 48.3 Å². The molecule has 2 saturated carbocycles. The molecule has 0 radical (unpaired) electrons. The highest BCUT2D eigenvalue weighted by Gasteiger charge is 2.37. The van der Waals surface area contributed by atoms with E-state index in [0.717, 1.165) is 44.1 Å². The van der Waals surface area contributed by atoms with Crippen LogP contribution in [0.25, 0.3) is 6.08 Å². The molecule has 1 amide bonds. The SMILES string of the molecule is N#CC(=Cc1cccc(C#CC2(O)CCCC2)n1)C(=O)NC1(c2ccncc2)CCCC1. The Morgan fingerprint density at radius 2 is 1.75 bits per heavy atom. The number of rotatable bonds is 4. The number of pyridine rings is 2. The molecule has 162 valence electrons. The van der Waals surface area contributed by atoms with E-state index in [0.29, 0.717) is 24.2 Å². The van der Waals surface area contributed by atoms with Gasteiger partial charge < -0.3 is 10.4 Å². The second-order valence-corrected chi connectivity index (χ2v) is 8.59. The second-order valence-electron chi connectivity index (χ2n) is 8.59. The summed E-state index contributed by atoms with van der Waals surface area (Å²) in [6.07, 6.45) is 11.9. The highest BCUT2D eigenvalue weighted by atomic mass is 16.3. The van der Waals surface area contributed by atoms with Crippen LogP contribution in [0.5, 0.6) is 0 Å². The van der Waals surface area contributed by atoms with Crippen molar-refractivity contribution in [1.29, 1.82) is 5.26 Å². The zero-order chi connectivity index (χ0) is 22.4. The first-order chi connectivity index (χ1) is 15.5. The predicted molar refractivity (Wildman–Crippen MR) is 121 cm³/mol. The van der Waals surface area contributed by atoms with Crippen molar-refractivity contribution in [3.8, 4) is 17.9 Å². The van der Waals surface area contributed by atoms with Gasteiger partial charge >= 0.3 is 0 Å². The third-order valence-corrected chi connectivity index (χ3v) is 6.32. The topological polar surface area (TPSA) is 98.9 Å². The zero-order valence-corrected chi connectivity index (χ0v) is 18.0. The fourth-order valence-electron chi connectivity index (χ4n) is 4.58. The van der Waals surface area contributed by atoms with Crippen LogP contribution in [0.1, 0.15) is 68.3 Å². The van der Waals surface area contributed by atoms with E-state index in [9.17, 15) is 15.2 Å². The van der Waals surface area contributed by atoms with Gasteiger partial charge in [-0.15, -0.1) is 0 Å². The molecule has 2 N–H and O–H groups in total. The molecule has 0 atom stereocenters. The van der Waals surface area contributed by atoms with Crippen molar-refractivity contribution < 1.29 is 9.90 Å². The Morgan fingerprint density at radius 3 is 2.44 bits per heavy atom. The van der Waals surface area contributed by atoms with Gasteiger partial charge in [0.1, 0.15) is 22.9 Å². The van der Waals surface area contributed by atoms with Gasteiger partial charge in [-0.1, -0.05) is 24.8 Å². The molecule has 0 unspecified atom stereocenters. The van der Waals surface area contributed by atoms with Gasteiger partial charge in [-0.2, -0.15) is 5.26 Å². The maximum absolute atomic E-state index is 13.0. The number of aliphatic hydroxyl groups is 1. The number of hydrogen-bond donors (Lipinski definition) is 2. The number of hydrogen-bond acceptors (Lipinski definition) is 5. The number of aromatic nitrogens is 2. The highest BCUT2D eigenvalue weighted by molar-refractivity contribution is 6.02. The average molecular weight is 427 g/mol. The largest absolute Gasteiger partial charge is 0.378 e. The minimum Gasteiger partial charge on any atom is -0.378 e. The van der Waals surface area contributed by atoms with Crippen LogP contribution in [0.3, 0.4) is 0 Å². The van der Waals surface area contributed by atoms with Gasteiger partial charge in [0.25, 0.3) is 5.91 Å². The van der Waals surface area contributed by atoms with E-state index in [-0.39, 0.29) is 5.57 Å². The van der Waals surface area contributed by atoms with Crippen LogP contribution in [0, 0.1) is 23.2 Å². The van der Waals surface area contributed by atoms with Crippen molar-refractivity contribution in [2.45, 2.75) is 62.5 Å². The number of nitrogens with zero attached hydrogens (tertiary/aromatic N) is 3. The summed E-state index contributed by atoms with van der Waals surface area (Å²) in [5.74, 6) is 5.47. The lowest BCUT2D eigenvalue weighted by atomic mass is 9.88. The molecule has 0 bridgehead atoms. The lowest BCUT2D eigenvalue weighted by Crippen LogP contribution is -2.44. The first kappa shape index (κ1) is 21.7.